The highest BCUT2D eigenvalue weighted by atomic mass is 16.5. The van der Waals surface area contributed by atoms with Gasteiger partial charge in [-0.15, -0.1) is 10.2 Å². The van der Waals surface area contributed by atoms with E-state index in [9.17, 15) is 9.90 Å². The molecule has 13 heteroatoms. The van der Waals surface area contributed by atoms with Crippen LogP contribution in [0.4, 0.5) is 23.0 Å². The first-order valence-corrected chi connectivity index (χ1v) is 11.1. The predicted octanol–water partition coefficient (Wildman–Crippen LogP) is 2.38. The van der Waals surface area contributed by atoms with Gasteiger partial charge in [-0.2, -0.15) is 5.10 Å². The Morgan fingerprint density at radius 2 is 2.00 bits per heavy atom. The second-order valence-corrected chi connectivity index (χ2v) is 8.28. The van der Waals surface area contributed by atoms with Crippen LogP contribution < -0.4 is 20.7 Å². The van der Waals surface area contributed by atoms with Gasteiger partial charge in [0.2, 0.25) is 0 Å². The number of aliphatic hydroxyl groups is 1. The van der Waals surface area contributed by atoms with Crippen molar-refractivity contribution in [3.8, 4) is 17.1 Å². The molecular weight excluding hydrogens is 490 g/mol. The summed E-state index contributed by atoms with van der Waals surface area (Å²) in [6, 6.07) is 10.1. The topological polar surface area (TPSA) is 161 Å². The average Bonchev–Trinajstić information content (AvgIpc) is 3.32. The van der Waals surface area contributed by atoms with Crippen LogP contribution in [0.2, 0.25) is 0 Å². The molecule has 0 unspecified atom stereocenters. The lowest BCUT2D eigenvalue weighted by atomic mass is 9.94. The molecule has 4 heterocycles. The molecule has 0 radical (unpaired) electrons. The largest absolute Gasteiger partial charge is 0.494 e. The number of anilines is 4. The Morgan fingerprint density at radius 3 is 2.63 bits per heavy atom. The maximum absolute atomic E-state index is 12.8. The summed E-state index contributed by atoms with van der Waals surface area (Å²) in [5.74, 6) is 0.457. The highest BCUT2D eigenvalue weighted by Gasteiger charge is 2.38. The zero-order valence-electron chi connectivity index (χ0n) is 22.9. The van der Waals surface area contributed by atoms with Crippen molar-refractivity contribution >= 4 is 28.9 Å². The molecule has 3 aromatic heterocycles. The molecule has 0 saturated carbocycles. The Kier molecular flexibility index (Phi) is 6.40. The van der Waals surface area contributed by atoms with E-state index in [4.69, 9.17) is 13.6 Å². The highest BCUT2D eigenvalue weighted by molar-refractivity contribution is 5.99. The van der Waals surface area contributed by atoms with Crippen molar-refractivity contribution in [3.05, 3.63) is 60.2 Å². The number of aromatic nitrogens is 6. The SMILES string of the molecule is C.[2H]C([2H])([2H])NC(=O)c1nnc(Nc2ccc(C3(O)COC3)cn2)cc1Nc1cccc(-c2ncn(C)n2)c1OC. The molecule has 198 valence electrons. The molecule has 1 aliphatic rings. The van der Waals surface area contributed by atoms with Gasteiger partial charge in [-0.05, 0) is 18.2 Å². The van der Waals surface area contributed by atoms with Crippen molar-refractivity contribution in [1.82, 2.24) is 35.3 Å². The number of nitrogens with zero attached hydrogens (tertiary/aromatic N) is 6. The third kappa shape index (κ3) is 5.10. The Hall–Kier alpha value is -4.62. The maximum atomic E-state index is 12.8. The molecule has 1 fully saturated rings. The molecule has 1 saturated heterocycles. The van der Waals surface area contributed by atoms with E-state index in [1.165, 1.54) is 19.4 Å². The molecule has 13 nitrogen and oxygen atoms in total. The van der Waals surface area contributed by atoms with E-state index in [0.717, 1.165) is 0 Å². The van der Waals surface area contributed by atoms with Crippen molar-refractivity contribution in [2.75, 3.05) is 37.9 Å². The van der Waals surface area contributed by atoms with Crippen LogP contribution in [0.25, 0.3) is 11.4 Å². The molecule has 38 heavy (non-hydrogen) atoms. The Bertz CT molecular complexity index is 1540. The van der Waals surface area contributed by atoms with Crippen molar-refractivity contribution in [1.29, 1.82) is 0 Å². The Morgan fingerprint density at radius 1 is 1.16 bits per heavy atom. The van der Waals surface area contributed by atoms with Gasteiger partial charge >= 0.3 is 0 Å². The molecule has 0 bridgehead atoms. The summed E-state index contributed by atoms with van der Waals surface area (Å²) < 4.78 is 34.5. The third-order valence-electron chi connectivity index (χ3n) is 5.69. The number of pyridine rings is 1. The standard InChI is InChI=1S/C24H25N9O4.CH4/c1-25-23(34)20-17(28-16-6-4-5-15(21(16)36-3)22-27-13-33(2)32-22)9-19(30-31-20)29-18-8-7-14(10-26-18)24(35)11-37-12-24;/h4-10,13,35H,11-12H2,1-3H3,(H,25,34)(H2,26,28,29,30);1H4/i1D3;. The summed E-state index contributed by atoms with van der Waals surface area (Å²) in [4.78, 5) is 21.4. The number of carbonyl (C=O) groups is 1. The summed E-state index contributed by atoms with van der Waals surface area (Å²) >= 11 is 0. The highest BCUT2D eigenvalue weighted by Crippen LogP contribution is 2.37. The number of ether oxygens (including phenoxy) is 2. The van der Waals surface area contributed by atoms with Crippen LogP contribution in [0.1, 0.15) is 27.6 Å². The minimum absolute atomic E-state index is 0. The summed E-state index contributed by atoms with van der Waals surface area (Å²) in [5, 5.41) is 30.8. The van der Waals surface area contributed by atoms with Crippen LogP contribution in [0.5, 0.6) is 5.75 Å². The zero-order valence-corrected chi connectivity index (χ0v) is 19.9. The van der Waals surface area contributed by atoms with Crippen LogP contribution in [-0.2, 0) is 17.4 Å². The van der Waals surface area contributed by atoms with Gasteiger partial charge in [0.15, 0.2) is 23.1 Å². The van der Waals surface area contributed by atoms with Gasteiger partial charge in [0.05, 0.1) is 37.3 Å². The average molecular weight is 523 g/mol. The number of hydrogen-bond donors (Lipinski definition) is 4. The predicted molar refractivity (Wildman–Crippen MR) is 141 cm³/mol. The summed E-state index contributed by atoms with van der Waals surface area (Å²) in [5.41, 5.74) is 0.460. The normalized spacial score (nSPS) is 15.1. The second kappa shape index (κ2) is 10.8. The quantitative estimate of drug-likeness (QED) is 0.269. The van der Waals surface area contributed by atoms with Gasteiger partial charge in [0.1, 0.15) is 17.7 Å². The number of amides is 1. The van der Waals surface area contributed by atoms with E-state index in [2.05, 4.69) is 35.9 Å². The van der Waals surface area contributed by atoms with E-state index >= 15 is 0 Å². The number of nitrogens with one attached hydrogen (secondary N) is 3. The second-order valence-electron chi connectivity index (χ2n) is 8.28. The summed E-state index contributed by atoms with van der Waals surface area (Å²) in [6.45, 7) is -2.35. The van der Waals surface area contributed by atoms with E-state index in [-0.39, 0.29) is 37.8 Å². The fourth-order valence-corrected chi connectivity index (χ4v) is 3.75. The van der Waals surface area contributed by atoms with E-state index in [0.29, 0.717) is 34.2 Å². The molecule has 4 N–H and O–H groups in total. The summed E-state index contributed by atoms with van der Waals surface area (Å²) in [7, 11) is 3.22. The minimum atomic E-state index is -2.74. The van der Waals surface area contributed by atoms with E-state index in [1.807, 2.05) is 5.32 Å². The van der Waals surface area contributed by atoms with Crippen molar-refractivity contribution < 1.29 is 23.5 Å². The number of hydrogen-bond acceptors (Lipinski definition) is 11. The number of para-hydroxylation sites is 1. The minimum Gasteiger partial charge on any atom is -0.494 e. The number of methoxy groups -OCH3 is 1. The van der Waals surface area contributed by atoms with Gasteiger partial charge in [-0.25, -0.2) is 9.97 Å². The molecule has 0 atom stereocenters. The molecule has 1 amide bonds. The van der Waals surface area contributed by atoms with Crippen molar-refractivity contribution in [2.24, 2.45) is 7.05 Å². The zero-order chi connectivity index (χ0) is 28.5. The van der Waals surface area contributed by atoms with Gasteiger partial charge in [0, 0.05) is 36.0 Å². The smallest absolute Gasteiger partial charge is 0.273 e. The van der Waals surface area contributed by atoms with Crippen LogP contribution in [0.15, 0.2) is 48.9 Å². The molecular formula is C25H29N9O4. The number of benzene rings is 1. The molecule has 5 rings (SSSR count). The van der Waals surface area contributed by atoms with Crippen LogP contribution >= 0.6 is 0 Å². The molecule has 1 aliphatic heterocycles. The van der Waals surface area contributed by atoms with Crippen molar-refractivity contribution in [2.45, 2.75) is 13.0 Å². The molecule has 0 spiro atoms. The third-order valence-corrected chi connectivity index (χ3v) is 5.69. The maximum Gasteiger partial charge on any atom is 0.273 e. The van der Waals surface area contributed by atoms with E-state index < -0.39 is 18.5 Å². The number of carbonyl (C=O) groups excluding carboxylic acids is 1. The summed E-state index contributed by atoms with van der Waals surface area (Å²) in [6.07, 6.45) is 3.08. The first kappa shape index (κ1) is 22.6. The van der Waals surface area contributed by atoms with Gasteiger partial charge in [0.25, 0.3) is 5.91 Å². The number of aryl methyl sites for hydroxylation is 1. The lowest BCUT2D eigenvalue weighted by molar-refractivity contribution is -0.184. The monoisotopic (exact) mass is 522 g/mol. The van der Waals surface area contributed by atoms with Gasteiger partial charge < -0.3 is 30.5 Å². The fourth-order valence-electron chi connectivity index (χ4n) is 3.75. The fraction of sp³-hybridized carbons (Fsp3) is 0.280. The Balaban J connectivity index is 0.00000387. The molecule has 1 aromatic carbocycles. The first-order valence-electron chi connectivity index (χ1n) is 12.6. The lowest BCUT2D eigenvalue weighted by Crippen LogP contribution is -2.46. The van der Waals surface area contributed by atoms with Gasteiger partial charge in [-0.1, -0.05) is 19.6 Å². The van der Waals surface area contributed by atoms with E-state index in [1.54, 1.807) is 48.4 Å². The Labute approximate surface area is 223 Å². The van der Waals surface area contributed by atoms with Crippen LogP contribution in [-0.4, -0.2) is 68.3 Å². The van der Waals surface area contributed by atoms with Gasteiger partial charge in [-0.3, -0.25) is 9.48 Å². The molecule has 0 aliphatic carbocycles. The van der Waals surface area contributed by atoms with Crippen molar-refractivity contribution in [3.63, 3.8) is 0 Å². The van der Waals surface area contributed by atoms with Crippen LogP contribution in [0, 0.1) is 0 Å². The molecule has 4 aromatic rings. The first-order chi connectivity index (χ1) is 19.0. The van der Waals surface area contributed by atoms with Crippen LogP contribution in [0.3, 0.4) is 0 Å². The lowest BCUT2D eigenvalue weighted by Gasteiger charge is -2.36. The number of rotatable bonds is 8.